The lowest BCUT2D eigenvalue weighted by molar-refractivity contribution is 0.0779. The molecule has 1 saturated carbocycles. The molecule has 1 N–H and O–H groups in total. The Balaban J connectivity index is 1.07. The Bertz CT molecular complexity index is 1320. The highest BCUT2D eigenvalue weighted by Crippen LogP contribution is 2.39. The fraction of sp³-hybridized carbons (Fsp3) is 0.375. The number of nitrogens with one attached hydrogen (secondary N) is 1. The molecule has 1 aliphatic heterocycles. The second-order valence-electron chi connectivity index (χ2n) is 10.8. The minimum Gasteiger partial charge on any atom is -0.446 e. The number of alkyl halides is 1. The molecule has 8 heteroatoms. The molecule has 0 spiro atoms. The van der Waals surface area contributed by atoms with Gasteiger partial charge in [0.15, 0.2) is 0 Å². The molecule has 0 radical (unpaired) electrons. The van der Waals surface area contributed by atoms with E-state index >= 15 is 0 Å². The fourth-order valence-corrected chi connectivity index (χ4v) is 6.71. The van der Waals surface area contributed by atoms with E-state index in [2.05, 4.69) is 26.1 Å². The smallest absolute Gasteiger partial charge is 0.411 e. The van der Waals surface area contributed by atoms with Crippen molar-refractivity contribution >= 4 is 45.2 Å². The Hall–Kier alpha value is -2.87. The van der Waals surface area contributed by atoms with E-state index in [1.807, 2.05) is 79.8 Å². The number of para-hydroxylation sites is 1. The number of likely N-dealkylation sites (tertiary alicyclic amines) is 1. The number of benzene rings is 3. The van der Waals surface area contributed by atoms with Crippen LogP contribution < -0.4 is 5.32 Å². The largest absolute Gasteiger partial charge is 0.446 e. The number of carbonyl (C=O) groups excluding carboxylic acids is 2. The van der Waals surface area contributed by atoms with Gasteiger partial charge < -0.3 is 14.5 Å². The second-order valence-corrected chi connectivity index (χ2v) is 12.0. The lowest BCUT2D eigenvalue weighted by atomic mass is 10.0. The molecule has 1 heterocycles. The van der Waals surface area contributed by atoms with Crippen LogP contribution in [-0.4, -0.2) is 66.5 Å². The number of fused-ring (bicyclic) bond motifs is 1. The van der Waals surface area contributed by atoms with Crippen LogP contribution in [0.25, 0.3) is 11.1 Å². The number of ether oxygens (including phenoxy) is 1. The Morgan fingerprint density at radius 1 is 1.02 bits per heavy atom. The Kier molecular flexibility index (Phi) is 9.45. The molecule has 0 unspecified atom stereocenters. The first kappa shape index (κ1) is 28.7. The first-order valence-corrected chi connectivity index (χ1v) is 15.4. The van der Waals surface area contributed by atoms with E-state index in [1.165, 1.54) is 0 Å². The number of hydrogen-bond acceptors (Lipinski definition) is 4. The minimum atomic E-state index is -0.399. The molecule has 0 bridgehead atoms. The summed E-state index contributed by atoms with van der Waals surface area (Å²) in [5.41, 5.74) is 4.42. The predicted molar refractivity (Wildman–Crippen MR) is 164 cm³/mol. The first-order valence-electron chi connectivity index (χ1n) is 13.9. The standard InChI is InChI=1S/C32H35BrClN3O3/c1-36(31(38)28-12-11-22(13-14-33)17-29(28)34)15-16-37-20-24-18-26(19-25(24)21-37)40-32(39)35-30-10-6-5-9-27(30)23-7-3-2-4-8-23/h2-12,17,24-26H,13-16,18-21H2,1H3,(H,35,39)/t24-,25+,26+. The number of nitrogens with zero attached hydrogens (tertiary/aromatic N) is 2. The van der Waals surface area contributed by atoms with Crippen LogP contribution in [0.4, 0.5) is 10.5 Å². The van der Waals surface area contributed by atoms with Crippen molar-refractivity contribution in [1.82, 2.24) is 9.80 Å². The summed E-state index contributed by atoms with van der Waals surface area (Å²) in [6, 6.07) is 23.5. The van der Waals surface area contributed by atoms with Gasteiger partial charge in [-0.3, -0.25) is 10.1 Å². The van der Waals surface area contributed by atoms with Crippen LogP contribution in [-0.2, 0) is 11.2 Å². The normalized spacial score (nSPS) is 20.2. The van der Waals surface area contributed by atoms with Gasteiger partial charge in [0.1, 0.15) is 6.10 Å². The molecule has 3 aromatic carbocycles. The molecule has 1 aliphatic carbocycles. The van der Waals surface area contributed by atoms with E-state index < -0.39 is 6.09 Å². The van der Waals surface area contributed by atoms with Crippen molar-refractivity contribution in [3.63, 3.8) is 0 Å². The van der Waals surface area contributed by atoms with E-state index in [0.717, 1.165) is 66.6 Å². The molecule has 5 rings (SSSR count). The maximum Gasteiger partial charge on any atom is 0.411 e. The number of amides is 2. The van der Waals surface area contributed by atoms with Crippen LogP contribution in [0.15, 0.2) is 72.8 Å². The van der Waals surface area contributed by atoms with Crippen molar-refractivity contribution in [2.24, 2.45) is 11.8 Å². The van der Waals surface area contributed by atoms with Crippen LogP contribution in [0, 0.1) is 11.8 Å². The Morgan fingerprint density at radius 3 is 2.42 bits per heavy atom. The number of halogens is 2. The van der Waals surface area contributed by atoms with Crippen LogP contribution in [0.5, 0.6) is 0 Å². The van der Waals surface area contributed by atoms with Crippen molar-refractivity contribution < 1.29 is 14.3 Å². The summed E-state index contributed by atoms with van der Waals surface area (Å²) in [5, 5.41) is 4.32. The first-order chi connectivity index (χ1) is 19.4. The van der Waals surface area contributed by atoms with E-state index in [4.69, 9.17) is 16.3 Å². The lowest BCUT2D eigenvalue weighted by Crippen LogP contribution is -2.36. The topological polar surface area (TPSA) is 61.9 Å². The summed E-state index contributed by atoms with van der Waals surface area (Å²) >= 11 is 9.85. The third-order valence-corrected chi connectivity index (χ3v) is 8.76. The zero-order valence-electron chi connectivity index (χ0n) is 22.7. The molecule has 6 nitrogen and oxygen atoms in total. The van der Waals surface area contributed by atoms with Crippen molar-refractivity contribution in [3.8, 4) is 11.1 Å². The predicted octanol–water partition coefficient (Wildman–Crippen LogP) is 6.98. The van der Waals surface area contributed by atoms with Crippen molar-refractivity contribution in [1.29, 1.82) is 0 Å². The van der Waals surface area contributed by atoms with E-state index in [1.54, 1.807) is 4.90 Å². The Morgan fingerprint density at radius 2 is 1.73 bits per heavy atom. The number of aryl methyl sites for hydroxylation is 1. The number of rotatable bonds is 9. The third-order valence-electron chi connectivity index (χ3n) is 8.05. The quantitative estimate of drug-likeness (QED) is 0.261. The van der Waals surface area contributed by atoms with Crippen molar-refractivity contribution in [2.75, 3.05) is 43.9 Å². The molecule has 2 fully saturated rings. The summed E-state index contributed by atoms with van der Waals surface area (Å²) in [7, 11) is 1.83. The Labute approximate surface area is 249 Å². The van der Waals surface area contributed by atoms with Gasteiger partial charge in [0.05, 0.1) is 16.3 Å². The van der Waals surface area contributed by atoms with Crippen LogP contribution in [0.1, 0.15) is 28.8 Å². The molecular formula is C32H35BrClN3O3. The van der Waals surface area contributed by atoms with E-state index in [0.29, 0.717) is 29.0 Å². The zero-order valence-corrected chi connectivity index (χ0v) is 25.0. The maximum atomic E-state index is 13.0. The van der Waals surface area contributed by atoms with Gasteiger partial charge in [-0.15, -0.1) is 0 Å². The highest BCUT2D eigenvalue weighted by atomic mass is 79.9. The lowest BCUT2D eigenvalue weighted by Gasteiger charge is -2.23. The van der Waals surface area contributed by atoms with E-state index in [9.17, 15) is 9.59 Å². The summed E-state index contributed by atoms with van der Waals surface area (Å²) in [6.07, 6.45) is 2.16. The van der Waals surface area contributed by atoms with Gasteiger partial charge in [0.2, 0.25) is 0 Å². The van der Waals surface area contributed by atoms with Gasteiger partial charge >= 0.3 is 6.09 Å². The molecule has 2 amide bonds. The summed E-state index contributed by atoms with van der Waals surface area (Å²) in [4.78, 5) is 29.9. The third kappa shape index (κ3) is 6.88. The summed E-state index contributed by atoms with van der Waals surface area (Å²) < 4.78 is 5.85. The van der Waals surface area contributed by atoms with Crippen LogP contribution >= 0.6 is 27.5 Å². The van der Waals surface area contributed by atoms with E-state index in [-0.39, 0.29) is 12.0 Å². The highest BCUT2D eigenvalue weighted by molar-refractivity contribution is 9.09. The molecule has 1 saturated heterocycles. The molecule has 210 valence electrons. The van der Waals surface area contributed by atoms with Gasteiger partial charge in [-0.2, -0.15) is 0 Å². The fourth-order valence-electron chi connectivity index (χ4n) is 5.97. The summed E-state index contributed by atoms with van der Waals surface area (Å²) in [6.45, 7) is 3.39. The van der Waals surface area contributed by atoms with Gasteiger partial charge in [0.25, 0.3) is 5.91 Å². The zero-order chi connectivity index (χ0) is 28.1. The number of hydrogen-bond donors (Lipinski definition) is 1. The molecule has 3 atom stereocenters. The number of anilines is 1. The van der Waals surface area contributed by atoms with Gasteiger partial charge in [0, 0.05) is 44.1 Å². The minimum absolute atomic E-state index is 0.0527. The average Bonchev–Trinajstić information content (AvgIpc) is 3.50. The second kappa shape index (κ2) is 13.2. The number of likely N-dealkylation sites (N-methyl/N-ethyl adjacent to an activating group) is 1. The van der Waals surface area contributed by atoms with Crippen LogP contribution in [0.3, 0.4) is 0 Å². The van der Waals surface area contributed by atoms with Gasteiger partial charge in [-0.05, 0) is 60.4 Å². The molecule has 3 aromatic rings. The van der Waals surface area contributed by atoms with Gasteiger partial charge in [-0.25, -0.2) is 4.79 Å². The molecular weight excluding hydrogens is 590 g/mol. The molecule has 0 aromatic heterocycles. The summed E-state index contributed by atoms with van der Waals surface area (Å²) in [5.74, 6) is 0.960. The SMILES string of the molecule is CN(CCN1C[C@H]2C[C@H](OC(=O)Nc3ccccc3-c3ccccc3)C[C@H]2C1)C(=O)c1ccc(CCBr)cc1Cl. The van der Waals surface area contributed by atoms with Crippen molar-refractivity contribution in [3.05, 3.63) is 88.9 Å². The van der Waals surface area contributed by atoms with Crippen LogP contribution in [0.2, 0.25) is 5.02 Å². The monoisotopic (exact) mass is 623 g/mol. The van der Waals surface area contributed by atoms with Crippen molar-refractivity contribution in [2.45, 2.75) is 25.4 Å². The highest BCUT2D eigenvalue weighted by Gasteiger charge is 2.42. The maximum absolute atomic E-state index is 13.0. The van der Waals surface area contributed by atoms with Gasteiger partial charge in [-0.1, -0.05) is 82.1 Å². The number of carbonyl (C=O) groups is 2. The molecule has 2 aliphatic rings. The molecule has 40 heavy (non-hydrogen) atoms. The average molecular weight is 625 g/mol.